The maximum atomic E-state index is 10.4. The molecule has 1 N–H and O–H groups in total. The van der Waals surface area contributed by atoms with Gasteiger partial charge in [-0.1, -0.05) is 48.5 Å². The van der Waals surface area contributed by atoms with Crippen molar-refractivity contribution in [2.24, 2.45) is 5.41 Å². The van der Waals surface area contributed by atoms with E-state index in [9.17, 15) is 5.11 Å². The quantitative estimate of drug-likeness (QED) is 0.712. The van der Waals surface area contributed by atoms with Crippen molar-refractivity contribution in [1.29, 1.82) is 0 Å². The van der Waals surface area contributed by atoms with Gasteiger partial charge in [-0.15, -0.1) is 10.2 Å². The molecule has 0 radical (unpaired) electrons. The predicted molar refractivity (Wildman–Crippen MR) is 106 cm³/mol. The van der Waals surface area contributed by atoms with Crippen molar-refractivity contribution in [3.8, 4) is 11.5 Å². The maximum absolute atomic E-state index is 10.4. The first-order chi connectivity index (χ1) is 13.8. The molecule has 5 heteroatoms. The lowest BCUT2D eigenvalue weighted by Gasteiger charge is -2.36. The Morgan fingerprint density at radius 3 is 2.50 bits per heavy atom. The Morgan fingerprint density at radius 1 is 1.00 bits per heavy atom. The van der Waals surface area contributed by atoms with Crippen LogP contribution in [0.15, 0.2) is 65.1 Å². The molecule has 144 valence electrons. The molecule has 0 spiro atoms. The molecule has 0 unspecified atom stereocenters. The molecule has 5 rings (SSSR count). The smallest absolute Gasteiger partial charge is 0.247 e. The lowest BCUT2D eigenvalue weighted by molar-refractivity contribution is 0.0730. The molecule has 28 heavy (non-hydrogen) atoms. The molecule has 5 nitrogen and oxygen atoms in total. The minimum atomic E-state index is -0.0768. The largest absolute Gasteiger partial charge is 0.419 e. The predicted octanol–water partition coefficient (Wildman–Crippen LogP) is 3.69. The summed E-state index contributed by atoms with van der Waals surface area (Å²) in [4.78, 5) is 2.49. The van der Waals surface area contributed by atoms with Gasteiger partial charge in [0.15, 0.2) is 0 Å². The van der Waals surface area contributed by atoms with Gasteiger partial charge in [0.25, 0.3) is 0 Å². The monoisotopic (exact) mass is 375 g/mol. The standard InChI is InChI=1S/C23H25N3O2/c27-16-23(13-17-7-3-1-4-8-17)14-19-11-12-20(23)26(19)15-21-24-25-22(28-21)18-9-5-2-6-10-18/h1-10,19-20,27H,11-16H2/t19-,20+,23-/m1/s1. The number of aromatic nitrogens is 2. The fraction of sp³-hybridized carbons (Fsp3) is 0.391. The van der Waals surface area contributed by atoms with Crippen molar-refractivity contribution >= 4 is 0 Å². The third-order valence-corrected chi connectivity index (χ3v) is 6.51. The first-order valence-corrected chi connectivity index (χ1v) is 10.1. The highest BCUT2D eigenvalue weighted by Crippen LogP contribution is 2.51. The summed E-state index contributed by atoms with van der Waals surface area (Å²) in [5.41, 5.74) is 2.17. The van der Waals surface area contributed by atoms with Crippen molar-refractivity contribution in [2.75, 3.05) is 6.61 Å². The Hall–Kier alpha value is -2.50. The van der Waals surface area contributed by atoms with E-state index >= 15 is 0 Å². The highest BCUT2D eigenvalue weighted by atomic mass is 16.4. The Kier molecular flexibility index (Phi) is 4.49. The molecule has 1 aromatic heterocycles. The molecule has 0 amide bonds. The zero-order valence-electron chi connectivity index (χ0n) is 15.9. The van der Waals surface area contributed by atoms with E-state index in [0.29, 0.717) is 30.4 Å². The molecule has 0 saturated carbocycles. The average Bonchev–Trinajstić information content (AvgIpc) is 3.44. The normalized spacial score (nSPS) is 26.8. The van der Waals surface area contributed by atoms with E-state index in [1.165, 1.54) is 12.0 Å². The fourth-order valence-corrected chi connectivity index (χ4v) is 5.25. The summed E-state index contributed by atoms with van der Waals surface area (Å²) in [6, 6.07) is 21.2. The number of nitrogens with zero attached hydrogens (tertiary/aromatic N) is 3. The Morgan fingerprint density at radius 2 is 1.75 bits per heavy atom. The van der Waals surface area contributed by atoms with Gasteiger partial charge in [-0.2, -0.15) is 0 Å². The Bertz CT molecular complexity index is 927. The first-order valence-electron chi connectivity index (χ1n) is 10.1. The zero-order valence-corrected chi connectivity index (χ0v) is 15.9. The molecular weight excluding hydrogens is 350 g/mol. The van der Waals surface area contributed by atoms with Crippen molar-refractivity contribution < 1.29 is 9.52 Å². The maximum Gasteiger partial charge on any atom is 0.247 e. The van der Waals surface area contributed by atoms with Gasteiger partial charge in [-0.05, 0) is 43.4 Å². The van der Waals surface area contributed by atoms with Crippen molar-refractivity contribution in [3.05, 3.63) is 72.1 Å². The summed E-state index contributed by atoms with van der Waals surface area (Å²) in [6.45, 7) is 0.879. The molecule has 2 aliphatic rings. The van der Waals surface area contributed by atoms with Gasteiger partial charge in [0, 0.05) is 23.1 Å². The number of rotatable bonds is 6. The molecule has 2 aliphatic heterocycles. The molecule has 2 aromatic carbocycles. The van der Waals surface area contributed by atoms with Crippen LogP contribution in [0.1, 0.15) is 30.7 Å². The van der Waals surface area contributed by atoms with Crippen LogP contribution >= 0.6 is 0 Å². The van der Waals surface area contributed by atoms with Crippen LogP contribution in [0.5, 0.6) is 0 Å². The van der Waals surface area contributed by atoms with Crippen LogP contribution < -0.4 is 0 Å². The first kappa shape index (κ1) is 17.6. The number of hydrogen-bond donors (Lipinski definition) is 1. The van der Waals surface area contributed by atoms with E-state index in [2.05, 4.69) is 39.4 Å². The van der Waals surface area contributed by atoms with Crippen LogP contribution in [0.4, 0.5) is 0 Å². The summed E-state index contributed by atoms with van der Waals surface area (Å²) in [5, 5.41) is 18.9. The van der Waals surface area contributed by atoms with Crippen molar-refractivity contribution in [2.45, 2.75) is 44.3 Å². The molecule has 2 saturated heterocycles. The van der Waals surface area contributed by atoms with E-state index in [1.807, 2.05) is 36.4 Å². The number of benzene rings is 2. The average molecular weight is 375 g/mol. The molecule has 0 aliphatic carbocycles. The molecule has 3 atom stereocenters. The zero-order chi connectivity index (χ0) is 19.0. The van der Waals surface area contributed by atoms with Crippen molar-refractivity contribution in [3.63, 3.8) is 0 Å². The van der Waals surface area contributed by atoms with Gasteiger partial charge in [-0.3, -0.25) is 4.90 Å². The van der Waals surface area contributed by atoms with Gasteiger partial charge in [0.1, 0.15) is 0 Å². The second kappa shape index (κ2) is 7.15. The number of hydrogen-bond acceptors (Lipinski definition) is 5. The molecule has 3 heterocycles. The Labute approximate surface area is 165 Å². The number of aliphatic hydroxyl groups is 1. The minimum absolute atomic E-state index is 0.0768. The van der Waals surface area contributed by atoms with E-state index in [-0.39, 0.29) is 12.0 Å². The van der Waals surface area contributed by atoms with Gasteiger partial charge < -0.3 is 9.52 Å². The van der Waals surface area contributed by atoms with Gasteiger partial charge in [-0.25, -0.2) is 0 Å². The number of aliphatic hydroxyl groups excluding tert-OH is 1. The van der Waals surface area contributed by atoms with E-state index in [1.54, 1.807) is 0 Å². The molecular formula is C23H25N3O2. The highest BCUT2D eigenvalue weighted by molar-refractivity contribution is 5.51. The molecule has 3 aromatic rings. The summed E-state index contributed by atoms with van der Waals surface area (Å²) in [7, 11) is 0. The highest BCUT2D eigenvalue weighted by Gasteiger charge is 2.55. The lowest BCUT2D eigenvalue weighted by Crippen LogP contribution is -2.41. The van der Waals surface area contributed by atoms with Gasteiger partial charge in [0.2, 0.25) is 11.8 Å². The molecule has 2 bridgehead atoms. The van der Waals surface area contributed by atoms with Crippen LogP contribution in [0.3, 0.4) is 0 Å². The van der Waals surface area contributed by atoms with Gasteiger partial charge >= 0.3 is 0 Å². The van der Waals surface area contributed by atoms with Crippen LogP contribution in [-0.4, -0.2) is 38.9 Å². The molecule has 2 fully saturated rings. The van der Waals surface area contributed by atoms with Crippen molar-refractivity contribution in [1.82, 2.24) is 15.1 Å². The number of fused-ring (bicyclic) bond motifs is 2. The second-order valence-corrected chi connectivity index (χ2v) is 8.17. The van der Waals surface area contributed by atoms with E-state index < -0.39 is 0 Å². The van der Waals surface area contributed by atoms with Crippen LogP contribution in [0.2, 0.25) is 0 Å². The minimum Gasteiger partial charge on any atom is -0.419 e. The lowest BCUT2D eigenvalue weighted by atomic mass is 9.70. The van der Waals surface area contributed by atoms with Crippen LogP contribution in [0, 0.1) is 5.41 Å². The van der Waals surface area contributed by atoms with Gasteiger partial charge in [0.05, 0.1) is 13.2 Å². The summed E-state index contributed by atoms with van der Waals surface area (Å²) in [5.74, 6) is 1.23. The topological polar surface area (TPSA) is 62.4 Å². The van der Waals surface area contributed by atoms with Crippen LogP contribution in [0.25, 0.3) is 11.5 Å². The second-order valence-electron chi connectivity index (χ2n) is 8.17. The van der Waals surface area contributed by atoms with E-state index in [4.69, 9.17) is 4.42 Å². The van der Waals surface area contributed by atoms with E-state index in [0.717, 1.165) is 24.8 Å². The summed E-state index contributed by atoms with van der Waals surface area (Å²) >= 11 is 0. The third kappa shape index (κ3) is 3.05. The Balaban J connectivity index is 1.35. The fourth-order valence-electron chi connectivity index (χ4n) is 5.25. The SMILES string of the molecule is OC[C@@]1(Cc2ccccc2)C[C@H]2CC[C@@H]1N2Cc1nnc(-c2ccccc2)o1. The summed E-state index contributed by atoms with van der Waals surface area (Å²) < 4.78 is 5.95. The summed E-state index contributed by atoms with van der Waals surface area (Å²) in [6.07, 6.45) is 4.25. The van der Waals surface area contributed by atoms with Crippen LogP contribution in [-0.2, 0) is 13.0 Å². The third-order valence-electron chi connectivity index (χ3n) is 6.51.